The number of nitrogens with zero attached hydrogens (tertiary/aromatic N) is 1. The third kappa shape index (κ3) is 4.00. The van der Waals surface area contributed by atoms with E-state index in [2.05, 4.69) is 0 Å². The van der Waals surface area contributed by atoms with Crippen LogP contribution in [0.1, 0.15) is 38.8 Å². The molecule has 2 N–H and O–H groups in total. The molecule has 1 atom stereocenters. The van der Waals surface area contributed by atoms with Crippen LogP contribution in [0.5, 0.6) is 0 Å². The lowest BCUT2D eigenvalue weighted by atomic mass is 10.0. The van der Waals surface area contributed by atoms with Crippen molar-refractivity contribution in [3.63, 3.8) is 0 Å². The summed E-state index contributed by atoms with van der Waals surface area (Å²) >= 11 is 0. The number of nitro benzene ring substituents is 1. The summed E-state index contributed by atoms with van der Waals surface area (Å²) in [6.07, 6.45) is -1.02. The molecule has 0 heterocycles. The van der Waals surface area contributed by atoms with Crippen LogP contribution in [0.3, 0.4) is 0 Å². The minimum absolute atomic E-state index is 0.0411. The van der Waals surface area contributed by atoms with Crippen LogP contribution in [-0.4, -0.2) is 22.8 Å². The second-order valence-corrected chi connectivity index (χ2v) is 5.74. The van der Waals surface area contributed by atoms with Crippen molar-refractivity contribution in [2.75, 3.05) is 5.73 Å². The van der Waals surface area contributed by atoms with Crippen molar-refractivity contribution in [1.29, 1.82) is 0 Å². The molecule has 0 aliphatic carbocycles. The highest BCUT2D eigenvalue weighted by atomic mass is 16.6. The van der Waals surface area contributed by atoms with Gasteiger partial charge in [-0.3, -0.25) is 14.9 Å². The number of anilines is 1. The molecular weight excluding hydrogens is 324 g/mol. The maximum atomic E-state index is 12.4. The molecule has 2 aromatic carbocycles. The summed E-state index contributed by atoms with van der Waals surface area (Å²) in [5.74, 6) is -1.17. The largest absolute Gasteiger partial charge is 0.451 e. The number of nitrogen functional groups attached to an aromatic ring is 1. The van der Waals surface area contributed by atoms with Gasteiger partial charge in [-0.05, 0) is 50.1 Å². The lowest BCUT2D eigenvalue weighted by molar-refractivity contribution is -0.383. The van der Waals surface area contributed by atoms with Crippen molar-refractivity contribution in [2.45, 2.75) is 26.9 Å². The summed E-state index contributed by atoms with van der Waals surface area (Å²) < 4.78 is 5.15. The van der Waals surface area contributed by atoms with Crippen LogP contribution in [0.25, 0.3) is 0 Å². The van der Waals surface area contributed by atoms with Gasteiger partial charge in [-0.25, -0.2) is 4.79 Å². The molecule has 0 fully saturated rings. The number of aryl methyl sites for hydroxylation is 2. The van der Waals surface area contributed by atoms with Crippen molar-refractivity contribution in [3.8, 4) is 0 Å². The lowest BCUT2D eigenvalue weighted by Gasteiger charge is -2.13. The Kier molecular flexibility index (Phi) is 5.17. The minimum Gasteiger partial charge on any atom is -0.451 e. The van der Waals surface area contributed by atoms with Gasteiger partial charge in [0.05, 0.1) is 10.5 Å². The van der Waals surface area contributed by atoms with Crippen LogP contribution in [0.4, 0.5) is 11.4 Å². The van der Waals surface area contributed by atoms with Crippen molar-refractivity contribution < 1.29 is 19.2 Å². The normalized spacial score (nSPS) is 11.6. The SMILES string of the molecule is Cc1ccc(C(=O)[C@H](C)OC(=O)c2ccc(N)c([N+](=O)[O-])c2)cc1C. The van der Waals surface area contributed by atoms with Crippen LogP contribution in [0.15, 0.2) is 36.4 Å². The molecule has 0 aromatic heterocycles. The fourth-order valence-corrected chi connectivity index (χ4v) is 2.24. The van der Waals surface area contributed by atoms with Gasteiger partial charge >= 0.3 is 5.97 Å². The number of carbonyl (C=O) groups excluding carboxylic acids is 2. The van der Waals surface area contributed by atoms with E-state index in [1.54, 1.807) is 12.1 Å². The highest BCUT2D eigenvalue weighted by Crippen LogP contribution is 2.23. The summed E-state index contributed by atoms with van der Waals surface area (Å²) in [6.45, 7) is 5.28. The zero-order valence-electron chi connectivity index (χ0n) is 14.1. The third-order valence-corrected chi connectivity index (χ3v) is 3.91. The molecule has 25 heavy (non-hydrogen) atoms. The Morgan fingerprint density at radius 1 is 1.08 bits per heavy atom. The highest BCUT2D eigenvalue weighted by Gasteiger charge is 2.22. The summed E-state index contributed by atoms with van der Waals surface area (Å²) in [4.78, 5) is 34.8. The summed E-state index contributed by atoms with van der Waals surface area (Å²) in [5.41, 5.74) is 7.46. The van der Waals surface area contributed by atoms with Crippen molar-refractivity contribution in [2.24, 2.45) is 0 Å². The lowest BCUT2D eigenvalue weighted by Crippen LogP contribution is -2.24. The molecular formula is C18H18N2O5. The number of nitrogens with two attached hydrogens (primary N) is 1. The summed E-state index contributed by atoms with van der Waals surface area (Å²) in [7, 11) is 0. The average Bonchev–Trinajstić information content (AvgIpc) is 2.56. The van der Waals surface area contributed by atoms with Crippen LogP contribution in [0, 0.1) is 24.0 Å². The highest BCUT2D eigenvalue weighted by molar-refractivity contribution is 6.01. The van der Waals surface area contributed by atoms with Gasteiger partial charge in [-0.2, -0.15) is 0 Å². The maximum absolute atomic E-state index is 12.4. The van der Waals surface area contributed by atoms with Gasteiger partial charge in [0.1, 0.15) is 5.69 Å². The Balaban J connectivity index is 2.16. The zero-order chi connectivity index (χ0) is 18.7. The van der Waals surface area contributed by atoms with E-state index in [0.29, 0.717) is 5.56 Å². The predicted molar refractivity (Wildman–Crippen MR) is 92.6 cm³/mol. The van der Waals surface area contributed by atoms with Crippen LogP contribution in [0.2, 0.25) is 0 Å². The van der Waals surface area contributed by atoms with Gasteiger partial charge in [0.2, 0.25) is 5.78 Å². The molecule has 0 aliphatic rings. The third-order valence-electron chi connectivity index (χ3n) is 3.91. The van der Waals surface area contributed by atoms with E-state index in [1.165, 1.54) is 19.1 Å². The van der Waals surface area contributed by atoms with Crippen LogP contribution >= 0.6 is 0 Å². The van der Waals surface area contributed by atoms with Gasteiger partial charge < -0.3 is 10.5 Å². The number of ketones is 1. The fourth-order valence-electron chi connectivity index (χ4n) is 2.24. The molecule has 2 rings (SSSR count). The van der Waals surface area contributed by atoms with E-state index in [4.69, 9.17) is 10.5 Å². The molecule has 7 nitrogen and oxygen atoms in total. The fraction of sp³-hybridized carbons (Fsp3) is 0.222. The molecule has 0 unspecified atom stereocenters. The Morgan fingerprint density at radius 2 is 1.72 bits per heavy atom. The number of benzene rings is 2. The zero-order valence-corrected chi connectivity index (χ0v) is 14.1. The number of hydrogen-bond donors (Lipinski definition) is 1. The van der Waals surface area contributed by atoms with E-state index in [9.17, 15) is 19.7 Å². The monoisotopic (exact) mass is 342 g/mol. The van der Waals surface area contributed by atoms with E-state index in [-0.39, 0.29) is 22.7 Å². The van der Waals surface area contributed by atoms with Crippen LogP contribution in [-0.2, 0) is 4.74 Å². The first-order chi connectivity index (χ1) is 11.7. The number of ether oxygens (including phenoxy) is 1. The van der Waals surface area contributed by atoms with Gasteiger partial charge in [-0.15, -0.1) is 0 Å². The summed E-state index contributed by atoms with van der Waals surface area (Å²) in [6, 6.07) is 8.83. The molecule has 130 valence electrons. The minimum atomic E-state index is -1.02. The van der Waals surface area contributed by atoms with E-state index in [0.717, 1.165) is 17.2 Å². The van der Waals surface area contributed by atoms with E-state index < -0.39 is 17.0 Å². The molecule has 0 aliphatic heterocycles. The van der Waals surface area contributed by atoms with Crippen LogP contribution < -0.4 is 5.73 Å². The standard InChI is InChI=1S/C18H18N2O5/c1-10-4-5-13(8-11(10)2)17(21)12(3)25-18(22)14-6-7-15(19)16(9-14)20(23)24/h4-9,12H,19H2,1-3H3/t12-/m0/s1. The molecule has 2 aromatic rings. The Hall–Kier alpha value is -3.22. The Labute approximate surface area is 144 Å². The molecule has 0 bridgehead atoms. The van der Waals surface area contributed by atoms with Gasteiger partial charge in [0.25, 0.3) is 5.69 Å². The van der Waals surface area contributed by atoms with Gasteiger partial charge in [0.15, 0.2) is 6.10 Å². The number of Topliss-reactive ketones (excluding diaryl/α,β-unsaturated/α-hetero) is 1. The number of rotatable bonds is 5. The molecule has 0 saturated heterocycles. The summed E-state index contributed by atoms with van der Waals surface area (Å²) in [5, 5.41) is 10.9. The van der Waals surface area contributed by atoms with Gasteiger partial charge in [-0.1, -0.05) is 12.1 Å². The maximum Gasteiger partial charge on any atom is 0.339 e. The van der Waals surface area contributed by atoms with Crippen molar-refractivity contribution >= 4 is 23.1 Å². The topological polar surface area (TPSA) is 113 Å². The van der Waals surface area contributed by atoms with E-state index >= 15 is 0 Å². The smallest absolute Gasteiger partial charge is 0.339 e. The number of carbonyl (C=O) groups is 2. The number of hydrogen-bond acceptors (Lipinski definition) is 6. The average molecular weight is 342 g/mol. The number of esters is 1. The first kappa shape index (κ1) is 18.1. The molecule has 0 spiro atoms. The van der Waals surface area contributed by atoms with Crippen molar-refractivity contribution in [1.82, 2.24) is 0 Å². The Bertz CT molecular complexity index is 861. The second kappa shape index (κ2) is 7.12. The predicted octanol–water partition coefficient (Wildman–Crippen LogP) is 3.22. The first-order valence-corrected chi connectivity index (χ1v) is 7.57. The van der Waals surface area contributed by atoms with Crippen molar-refractivity contribution in [3.05, 3.63) is 68.8 Å². The quantitative estimate of drug-likeness (QED) is 0.293. The molecule has 0 radical (unpaired) electrons. The van der Waals surface area contributed by atoms with Gasteiger partial charge in [0, 0.05) is 11.6 Å². The second-order valence-electron chi connectivity index (χ2n) is 5.74. The Morgan fingerprint density at radius 3 is 2.32 bits per heavy atom. The molecule has 7 heteroatoms. The number of nitro groups is 1. The van der Waals surface area contributed by atoms with E-state index in [1.807, 2.05) is 19.9 Å². The molecule has 0 saturated carbocycles. The molecule has 0 amide bonds. The first-order valence-electron chi connectivity index (χ1n) is 7.57.